The molecular weight excluding hydrogens is 470 g/mol. The second kappa shape index (κ2) is 10.4. The predicted octanol–water partition coefficient (Wildman–Crippen LogP) is 7.47. The number of hydrogen-bond acceptors (Lipinski definition) is 3. The molecule has 2 aliphatic carbocycles. The normalized spacial score (nSPS) is 24.3. The van der Waals surface area contributed by atoms with E-state index in [1.54, 1.807) is 12.1 Å². The maximum absolute atomic E-state index is 13.0. The number of aryl methyl sites for hydroxylation is 1. The summed E-state index contributed by atoms with van der Waals surface area (Å²) >= 11 is 0. The van der Waals surface area contributed by atoms with E-state index in [4.69, 9.17) is 4.74 Å². The number of esters is 1. The first-order valence-corrected chi connectivity index (χ1v) is 14.0. The molecule has 3 aromatic carbocycles. The van der Waals surface area contributed by atoms with Gasteiger partial charge in [0.05, 0.1) is 5.56 Å². The number of benzene rings is 3. The van der Waals surface area contributed by atoms with Crippen molar-refractivity contribution in [2.24, 2.45) is 11.3 Å². The van der Waals surface area contributed by atoms with Crippen LogP contribution in [0, 0.1) is 11.3 Å². The summed E-state index contributed by atoms with van der Waals surface area (Å²) in [5.74, 6) is 1.03. The highest BCUT2D eigenvalue weighted by Gasteiger charge is 2.52. The van der Waals surface area contributed by atoms with Crippen LogP contribution in [0.4, 0.5) is 0 Å². The molecule has 0 aromatic heterocycles. The first-order chi connectivity index (χ1) is 18.2. The molecule has 3 aromatic rings. The van der Waals surface area contributed by atoms with Crippen LogP contribution in [-0.4, -0.2) is 18.4 Å². The summed E-state index contributed by atoms with van der Waals surface area (Å²) in [5.41, 5.74) is 4.99. The summed E-state index contributed by atoms with van der Waals surface area (Å²) in [5, 5.41) is 3.25. The molecule has 0 heterocycles. The molecular formula is C34H39NO3. The van der Waals surface area contributed by atoms with E-state index in [-0.39, 0.29) is 28.6 Å². The van der Waals surface area contributed by atoms with Crippen LogP contribution in [0.3, 0.4) is 0 Å². The van der Waals surface area contributed by atoms with Crippen LogP contribution in [0.1, 0.15) is 96.7 Å². The SMILES string of the molecule is CC(C)c1cc2c(cc1OC(=O)c1ccccc1)[C@@]1(C)CCC[C@@](C)(CNC(=O)c3ccccc3)[C@@H]1CC2. The van der Waals surface area contributed by atoms with Crippen molar-refractivity contribution < 1.29 is 14.3 Å². The van der Waals surface area contributed by atoms with E-state index in [2.05, 4.69) is 45.1 Å². The smallest absolute Gasteiger partial charge is 0.343 e. The van der Waals surface area contributed by atoms with Gasteiger partial charge in [0, 0.05) is 12.1 Å². The molecule has 0 bridgehead atoms. The standard InChI is InChI=1S/C34H39NO3/c1-23(2)27-20-26-16-17-30-33(3,22-35-31(36)24-12-7-5-8-13-24)18-11-19-34(30,4)28(26)21-29(27)38-32(37)25-14-9-6-10-15-25/h5-10,12-15,20-21,23,30H,11,16-19,22H2,1-4H3,(H,35,36)/t30-,33-,34+/m0/s1. The summed E-state index contributed by atoms with van der Waals surface area (Å²) in [6.07, 6.45) is 5.40. The minimum absolute atomic E-state index is 0.00721. The Morgan fingerprint density at radius 3 is 2.26 bits per heavy atom. The van der Waals surface area contributed by atoms with Crippen LogP contribution in [0.25, 0.3) is 0 Å². The number of rotatable bonds is 6. The number of carbonyl (C=O) groups is 2. The van der Waals surface area contributed by atoms with Crippen LogP contribution in [0.2, 0.25) is 0 Å². The molecule has 0 saturated heterocycles. The molecule has 1 N–H and O–H groups in total. The first-order valence-electron chi connectivity index (χ1n) is 14.0. The molecule has 1 saturated carbocycles. The molecule has 0 radical (unpaired) electrons. The lowest BCUT2D eigenvalue weighted by Gasteiger charge is -2.55. The van der Waals surface area contributed by atoms with Crippen molar-refractivity contribution in [1.29, 1.82) is 0 Å². The van der Waals surface area contributed by atoms with Gasteiger partial charge in [0.25, 0.3) is 5.91 Å². The zero-order valence-electron chi connectivity index (χ0n) is 23.1. The topological polar surface area (TPSA) is 55.4 Å². The molecule has 5 rings (SSSR count). The largest absolute Gasteiger partial charge is 0.423 e. The molecule has 0 spiro atoms. The van der Waals surface area contributed by atoms with Crippen molar-refractivity contribution in [3.63, 3.8) is 0 Å². The van der Waals surface area contributed by atoms with Gasteiger partial charge in [-0.3, -0.25) is 4.79 Å². The quantitative estimate of drug-likeness (QED) is 0.277. The Morgan fingerprint density at radius 1 is 0.947 bits per heavy atom. The van der Waals surface area contributed by atoms with Crippen molar-refractivity contribution in [1.82, 2.24) is 5.32 Å². The van der Waals surface area contributed by atoms with Crippen LogP contribution in [-0.2, 0) is 11.8 Å². The fourth-order valence-electron chi connectivity index (χ4n) is 7.11. The molecule has 0 unspecified atom stereocenters. The number of amides is 1. The summed E-state index contributed by atoms with van der Waals surface area (Å²) < 4.78 is 6.07. The predicted molar refractivity (Wildman–Crippen MR) is 152 cm³/mol. The van der Waals surface area contributed by atoms with Crippen molar-refractivity contribution in [3.05, 3.63) is 101 Å². The lowest BCUT2D eigenvalue weighted by molar-refractivity contribution is 0.0252. The molecule has 198 valence electrons. The molecule has 1 fully saturated rings. The van der Waals surface area contributed by atoms with E-state index in [1.807, 2.05) is 48.5 Å². The maximum Gasteiger partial charge on any atom is 0.343 e. The third kappa shape index (κ3) is 4.89. The van der Waals surface area contributed by atoms with E-state index >= 15 is 0 Å². The molecule has 1 amide bonds. The highest BCUT2D eigenvalue weighted by atomic mass is 16.5. The summed E-state index contributed by atoms with van der Waals surface area (Å²) in [6, 6.07) is 23.1. The monoisotopic (exact) mass is 509 g/mol. The highest BCUT2D eigenvalue weighted by Crippen LogP contribution is 2.58. The van der Waals surface area contributed by atoms with Crippen molar-refractivity contribution in [2.75, 3.05) is 6.54 Å². The van der Waals surface area contributed by atoms with Crippen LogP contribution in [0.5, 0.6) is 5.75 Å². The van der Waals surface area contributed by atoms with E-state index in [1.165, 1.54) is 11.1 Å². The van der Waals surface area contributed by atoms with Gasteiger partial charge in [0.2, 0.25) is 0 Å². The fourth-order valence-corrected chi connectivity index (χ4v) is 7.11. The van der Waals surface area contributed by atoms with Gasteiger partial charge in [-0.15, -0.1) is 0 Å². The van der Waals surface area contributed by atoms with Gasteiger partial charge in [-0.2, -0.15) is 0 Å². The first kappa shape index (κ1) is 26.2. The third-order valence-electron chi connectivity index (χ3n) is 9.13. The maximum atomic E-state index is 13.0. The summed E-state index contributed by atoms with van der Waals surface area (Å²) in [7, 11) is 0. The number of carbonyl (C=O) groups excluding carboxylic acids is 2. The van der Waals surface area contributed by atoms with Crippen LogP contribution < -0.4 is 10.1 Å². The van der Waals surface area contributed by atoms with Gasteiger partial charge in [-0.1, -0.05) is 76.6 Å². The van der Waals surface area contributed by atoms with Crippen LogP contribution in [0.15, 0.2) is 72.8 Å². The zero-order valence-corrected chi connectivity index (χ0v) is 23.1. The molecule has 38 heavy (non-hydrogen) atoms. The van der Waals surface area contributed by atoms with E-state index in [9.17, 15) is 9.59 Å². The van der Waals surface area contributed by atoms with Crippen LogP contribution >= 0.6 is 0 Å². The Balaban J connectivity index is 1.45. The van der Waals surface area contributed by atoms with Crippen molar-refractivity contribution in [3.8, 4) is 5.75 Å². The lowest BCUT2D eigenvalue weighted by atomic mass is 9.49. The average molecular weight is 510 g/mol. The Hall–Kier alpha value is -3.40. The minimum Gasteiger partial charge on any atom is -0.423 e. The molecule has 3 atom stereocenters. The van der Waals surface area contributed by atoms with Gasteiger partial charge >= 0.3 is 5.97 Å². The van der Waals surface area contributed by atoms with Gasteiger partial charge in [0.15, 0.2) is 0 Å². The molecule has 2 aliphatic rings. The van der Waals surface area contributed by atoms with Gasteiger partial charge in [-0.25, -0.2) is 4.79 Å². The zero-order chi connectivity index (χ0) is 26.9. The Bertz CT molecular complexity index is 1320. The minimum atomic E-state index is -0.318. The second-order valence-corrected chi connectivity index (χ2v) is 12.0. The molecule has 4 nitrogen and oxygen atoms in total. The Morgan fingerprint density at radius 2 is 1.61 bits per heavy atom. The van der Waals surface area contributed by atoms with Crippen molar-refractivity contribution >= 4 is 11.9 Å². The average Bonchev–Trinajstić information content (AvgIpc) is 2.92. The second-order valence-electron chi connectivity index (χ2n) is 12.0. The Labute approximate surface area is 226 Å². The number of hydrogen-bond donors (Lipinski definition) is 1. The Kier molecular flexibility index (Phi) is 7.17. The third-order valence-corrected chi connectivity index (χ3v) is 9.13. The molecule has 0 aliphatic heterocycles. The van der Waals surface area contributed by atoms with Gasteiger partial charge in [0.1, 0.15) is 5.75 Å². The van der Waals surface area contributed by atoms with E-state index in [0.29, 0.717) is 29.3 Å². The van der Waals surface area contributed by atoms with Gasteiger partial charge in [-0.05, 0) is 95.4 Å². The number of fused-ring (bicyclic) bond motifs is 3. The van der Waals surface area contributed by atoms with Gasteiger partial charge < -0.3 is 10.1 Å². The summed E-state index contributed by atoms with van der Waals surface area (Å²) in [6.45, 7) is 9.72. The molecule has 4 heteroatoms. The number of nitrogens with one attached hydrogen (secondary N) is 1. The fraction of sp³-hybridized carbons (Fsp3) is 0.412. The van der Waals surface area contributed by atoms with E-state index < -0.39 is 0 Å². The van der Waals surface area contributed by atoms with E-state index in [0.717, 1.165) is 37.7 Å². The lowest BCUT2D eigenvalue weighted by Crippen LogP contribution is -2.53. The summed E-state index contributed by atoms with van der Waals surface area (Å²) in [4.78, 5) is 25.9. The van der Waals surface area contributed by atoms with Crippen molar-refractivity contribution in [2.45, 2.75) is 71.1 Å². The highest BCUT2D eigenvalue weighted by molar-refractivity contribution is 5.94. The number of ether oxygens (including phenoxy) is 1.